The first-order valence-corrected chi connectivity index (χ1v) is 15.9. The highest BCUT2D eigenvalue weighted by Crippen LogP contribution is 2.30. The average molecular weight is 566 g/mol. The molecule has 4 aromatic heterocycles. The third-order valence-corrected chi connectivity index (χ3v) is 10.3. The standard InChI is InChI=1S/C27H31N7O3S2/c1-17(2)33-16-24(27(35)32-19-6-9-38-10-7-19)23-14-29-21(12-25(23)33)11-20-5-8-28-26(31-20)18-13-30-34(15-18)39(36,37)22-3-4-22/h5,8,12-17,19,22H,3-4,6-7,9-11H2,1-2H3,(H,32,35). The summed E-state index contributed by atoms with van der Waals surface area (Å²) < 4.78 is 28.1. The summed E-state index contributed by atoms with van der Waals surface area (Å²) in [5.41, 5.74) is 3.72. The van der Waals surface area contributed by atoms with E-state index in [2.05, 4.69) is 43.8 Å². The van der Waals surface area contributed by atoms with Crippen molar-refractivity contribution in [3.63, 3.8) is 0 Å². The molecule has 1 saturated carbocycles. The SMILES string of the molecule is CC(C)n1cc(C(=O)NC2CCSCC2)c2cnc(Cc3ccnc(-c4cnn(S(=O)(=O)C5CC5)c4)n3)cc21. The van der Waals surface area contributed by atoms with E-state index in [-0.39, 0.29) is 23.2 Å². The van der Waals surface area contributed by atoms with Crippen LogP contribution in [0, 0.1) is 0 Å². The number of fused-ring (bicyclic) bond motifs is 1. The van der Waals surface area contributed by atoms with Gasteiger partial charge in [-0.3, -0.25) is 9.78 Å². The van der Waals surface area contributed by atoms with Crippen molar-refractivity contribution in [1.29, 1.82) is 0 Å². The summed E-state index contributed by atoms with van der Waals surface area (Å²) in [5, 5.41) is 7.76. The van der Waals surface area contributed by atoms with Gasteiger partial charge in [0.2, 0.25) is 0 Å². The number of rotatable bonds is 8. The van der Waals surface area contributed by atoms with Gasteiger partial charge >= 0.3 is 0 Å². The van der Waals surface area contributed by atoms with Gasteiger partial charge < -0.3 is 9.88 Å². The summed E-state index contributed by atoms with van der Waals surface area (Å²) in [6.45, 7) is 4.19. The smallest absolute Gasteiger partial charge is 0.256 e. The Balaban J connectivity index is 1.25. The second-order valence-electron chi connectivity index (χ2n) is 10.5. The third-order valence-electron chi connectivity index (χ3n) is 7.23. The van der Waals surface area contributed by atoms with Crippen LogP contribution in [0.5, 0.6) is 0 Å². The molecule has 5 heterocycles. The molecular formula is C27H31N7O3S2. The van der Waals surface area contributed by atoms with E-state index in [1.807, 2.05) is 30.1 Å². The van der Waals surface area contributed by atoms with Crippen molar-refractivity contribution in [2.75, 3.05) is 11.5 Å². The lowest BCUT2D eigenvalue weighted by Crippen LogP contribution is -2.37. The predicted molar refractivity (Wildman–Crippen MR) is 151 cm³/mol. The number of aromatic nitrogens is 6. The van der Waals surface area contributed by atoms with Crippen LogP contribution in [-0.2, 0) is 16.4 Å². The molecule has 12 heteroatoms. The van der Waals surface area contributed by atoms with Crippen molar-refractivity contribution in [2.45, 2.75) is 63.3 Å². The maximum absolute atomic E-state index is 13.2. The Labute approximate surface area is 231 Å². The molecule has 39 heavy (non-hydrogen) atoms. The lowest BCUT2D eigenvalue weighted by atomic mass is 10.1. The number of nitrogens with zero attached hydrogens (tertiary/aromatic N) is 6. The van der Waals surface area contributed by atoms with Crippen LogP contribution in [0.25, 0.3) is 22.3 Å². The number of carbonyl (C=O) groups is 1. The van der Waals surface area contributed by atoms with Crippen LogP contribution in [0.3, 0.4) is 0 Å². The maximum Gasteiger partial charge on any atom is 0.256 e. The van der Waals surface area contributed by atoms with Gasteiger partial charge in [-0.2, -0.15) is 20.9 Å². The van der Waals surface area contributed by atoms with E-state index in [9.17, 15) is 13.2 Å². The average Bonchev–Trinajstić information content (AvgIpc) is 3.54. The molecule has 1 N–H and O–H groups in total. The van der Waals surface area contributed by atoms with Gasteiger partial charge in [0.25, 0.3) is 15.9 Å². The minimum Gasteiger partial charge on any atom is -0.349 e. The molecule has 0 atom stereocenters. The van der Waals surface area contributed by atoms with Crippen molar-refractivity contribution < 1.29 is 13.2 Å². The summed E-state index contributed by atoms with van der Waals surface area (Å²) >= 11 is 1.94. The van der Waals surface area contributed by atoms with Crippen LogP contribution in [0.15, 0.2) is 43.1 Å². The molecule has 6 rings (SSSR count). The van der Waals surface area contributed by atoms with Crippen molar-refractivity contribution >= 4 is 38.6 Å². The van der Waals surface area contributed by atoms with E-state index in [1.165, 1.54) is 12.4 Å². The van der Waals surface area contributed by atoms with E-state index in [1.54, 1.807) is 12.4 Å². The van der Waals surface area contributed by atoms with Crippen molar-refractivity contribution in [2.24, 2.45) is 0 Å². The van der Waals surface area contributed by atoms with E-state index in [0.29, 0.717) is 36.2 Å². The monoisotopic (exact) mass is 565 g/mol. The zero-order chi connectivity index (χ0) is 27.1. The van der Waals surface area contributed by atoms with Crippen molar-refractivity contribution in [1.82, 2.24) is 34.0 Å². The molecule has 10 nitrogen and oxygen atoms in total. The molecule has 1 aliphatic heterocycles. The van der Waals surface area contributed by atoms with Gasteiger partial charge in [-0.05, 0) is 63.2 Å². The highest BCUT2D eigenvalue weighted by Gasteiger charge is 2.37. The van der Waals surface area contributed by atoms with Crippen molar-refractivity contribution in [3.05, 3.63) is 60.1 Å². The van der Waals surface area contributed by atoms with Crippen LogP contribution < -0.4 is 5.32 Å². The second kappa shape index (κ2) is 10.4. The Kier molecular flexibility index (Phi) is 6.92. The molecular weight excluding hydrogens is 534 g/mol. The largest absolute Gasteiger partial charge is 0.349 e. The first kappa shape index (κ1) is 26.0. The molecule has 0 spiro atoms. The topological polar surface area (TPSA) is 125 Å². The highest BCUT2D eigenvalue weighted by molar-refractivity contribution is 7.99. The Morgan fingerprint density at radius 2 is 1.90 bits per heavy atom. The first-order chi connectivity index (χ1) is 18.8. The number of amides is 1. The molecule has 0 radical (unpaired) electrons. The molecule has 1 amide bonds. The lowest BCUT2D eigenvalue weighted by Gasteiger charge is -2.22. The van der Waals surface area contributed by atoms with Gasteiger partial charge in [0.15, 0.2) is 5.82 Å². The molecule has 2 fully saturated rings. The quantitative estimate of drug-likeness (QED) is 0.342. The minimum atomic E-state index is -3.45. The lowest BCUT2D eigenvalue weighted by molar-refractivity contribution is 0.0936. The van der Waals surface area contributed by atoms with E-state index in [0.717, 1.165) is 50.7 Å². The zero-order valence-corrected chi connectivity index (χ0v) is 23.6. The van der Waals surface area contributed by atoms with Gasteiger partial charge in [0, 0.05) is 48.2 Å². The normalized spacial score (nSPS) is 16.7. The third kappa shape index (κ3) is 5.31. The Morgan fingerprint density at radius 1 is 1.10 bits per heavy atom. The van der Waals surface area contributed by atoms with Crippen LogP contribution >= 0.6 is 11.8 Å². The summed E-state index contributed by atoms with van der Waals surface area (Å²) in [6.07, 6.45) is 12.1. The fourth-order valence-corrected chi connectivity index (χ4v) is 7.48. The molecule has 0 bridgehead atoms. The van der Waals surface area contributed by atoms with E-state index in [4.69, 9.17) is 0 Å². The van der Waals surface area contributed by atoms with Crippen molar-refractivity contribution in [3.8, 4) is 11.4 Å². The summed E-state index contributed by atoms with van der Waals surface area (Å²) in [4.78, 5) is 26.9. The van der Waals surface area contributed by atoms with Crippen LogP contribution in [0.4, 0.5) is 0 Å². The first-order valence-electron chi connectivity index (χ1n) is 13.3. The van der Waals surface area contributed by atoms with Gasteiger partial charge in [0.1, 0.15) is 0 Å². The van der Waals surface area contributed by atoms with Gasteiger partial charge in [-0.1, -0.05) is 0 Å². The molecule has 0 aromatic carbocycles. The maximum atomic E-state index is 13.2. The van der Waals surface area contributed by atoms with Crippen LogP contribution in [0.2, 0.25) is 0 Å². The molecule has 204 valence electrons. The highest BCUT2D eigenvalue weighted by atomic mass is 32.2. The van der Waals surface area contributed by atoms with Crippen LogP contribution in [0.1, 0.15) is 67.3 Å². The number of nitrogens with one attached hydrogen (secondary N) is 1. The van der Waals surface area contributed by atoms with Gasteiger partial charge in [0.05, 0.1) is 40.0 Å². The summed E-state index contributed by atoms with van der Waals surface area (Å²) in [7, 11) is -3.45. The molecule has 2 aliphatic rings. The minimum absolute atomic E-state index is 0.0458. The summed E-state index contributed by atoms with van der Waals surface area (Å²) in [5.74, 6) is 2.53. The molecule has 4 aromatic rings. The fourth-order valence-electron chi connectivity index (χ4n) is 4.89. The Bertz CT molecular complexity index is 1630. The number of hydrogen-bond acceptors (Lipinski definition) is 8. The number of pyridine rings is 1. The second-order valence-corrected chi connectivity index (χ2v) is 13.8. The van der Waals surface area contributed by atoms with E-state index >= 15 is 0 Å². The number of hydrogen-bond donors (Lipinski definition) is 1. The predicted octanol–water partition coefficient (Wildman–Crippen LogP) is 3.83. The zero-order valence-electron chi connectivity index (χ0n) is 21.9. The fraction of sp³-hybridized carbons (Fsp3) is 0.444. The molecule has 1 aliphatic carbocycles. The van der Waals surface area contributed by atoms with Gasteiger partial charge in [-0.15, -0.1) is 0 Å². The Hall–Kier alpha value is -3.25. The van der Waals surface area contributed by atoms with E-state index < -0.39 is 10.0 Å². The van der Waals surface area contributed by atoms with Crippen LogP contribution in [-0.4, -0.2) is 65.8 Å². The number of carbonyl (C=O) groups excluding carboxylic acids is 1. The molecule has 1 saturated heterocycles. The van der Waals surface area contributed by atoms with Gasteiger partial charge in [-0.25, -0.2) is 18.4 Å². The Morgan fingerprint density at radius 3 is 2.64 bits per heavy atom. The number of thioether (sulfide) groups is 1. The summed E-state index contributed by atoms with van der Waals surface area (Å²) in [6, 6.07) is 4.23. The molecule has 0 unspecified atom stereocenters.